The molecule has 0 bridgehead atoms. The average Bonchev–Trinajstić information content (AvgIpc) is 2.49. The lowest BCUT2D eigenvalue weighted by molar-refractivity contribution is -0.133. The Balaban J connectivity index is 2.10. The number of hydrogen-bond acceptors (Lipinski definition) is 3. The highest BCUT2D eigenvalue weighted by Crippen LogP contribution is 2.26. The van der Waals surface area contributed by atoms with Crippen molar-refractivity contribution in [3.63, 3.8) is 0 Å². The number of benzene rings is 1. The Kier molecular flexibility index (Phi) is 5.08. The fourth-order valence-electron chi connectivity index (χ4n) is 2.57. The van der Waals surface area contributed by atoms with Gasteiger partial charge in [-0.05, 0) is 25.1 Å². The molecule has 1 heterocycles. The van der Waals surface area contributed by atoms with Crippen molar-refractivity contribution < 1.29 is 14.0 Å². The zero-order valence-corrected chi connectivity index (χ0v) is 14.0. The number of hydrogen-bond donors (Lipinski definition) is 1. The monoisotopic (exact) mass is 322 g/mol. The number of piperazine rings is 1. The van der Waals surface area contributed by atoms with Gasteiger partial charge in [0.05, 0.1) is 6.04 Å². The smallest absolute Gasteiger partial charge is 0.318 e. The third kappa shape index (κ3) is 3.91. The molecule has 1 N–H and O–H groups in total. The Morgan fingerprint density at radius 2 is 2.04 bits per heavy atom. The van der Waals surface area contributed by atoms with E-state index in [0.29, 0.717) is 18.7 Å². The fourth-order valence-corrected chi connectivity index (χ4v) is 2.57. The van der Waals surface area contributed by atoms with E-state index in [0.717, 1.165) is 5.69 Å². The van der Waals surface area contributed by atoms with Crippen LogP contribution in [0.3, 0.4) is 0 Å². The van der Waals surface area contributed by atoms with Crippen LogP contribution in [-0.4, -0.2) is 62.5 Å². The Morgan fingerprint density at radius 3 is 2.65 bits per heavy atom. The van der Waals surface area contributed by atoms with Gasteiger partial charge in [-0.2, -0.15) is 0 Å². The lowest BCUT2D eigenvalue weighted by Crippen LogP contribution is -2.53. The molecule has 7 heteroatoms. The Hall–Kier alpha value is -2.31. The molecule has 1 unspecified atom stereocenters. The highest BCUT2D eigenvalue weighted by molar-refractivity contribution is 5.85. The molecule has 126 valence electrons. The van der Waals surface area contributed by atoms with Gasteiger partial charge in [0.1, 0.15) is 12.4 Å². The molecule has 1 fully saturated rings. The van der Waals surface area contributed by atoms with Crippen molar-refractivity contribution in [3.8, 4) is 0 Å². The van der Waals surface area contributed by atoms with Crippen LogP contribution in [0.1, 0.15) is 18.5 Å². The minimum atomic E-state index is -0.370. The molecule has 0 spiro atoms. The van der Waals surface area contributed by atoms with Crippen LogP contribution in [0.5, 0.6) is 0 Å². The van der Waals surface area contributed by atoms with Crippen molar-refractivity contribution >= 4 is 17.6 Å². The highest BCUT2D eigenvalue weighted by Gasteiger charge is 2.26. The number of nitrogens with zero attached hydrogens (tertiary/aromatic N) is 3. The van der Waals surface area contributed by atoms with E-state index in [1.165, 1.54) is 17.0 Å². The lowest BCUT2D eigenvalue weighted by Gasteiger charge is -2.33. The summed E-state index contributed by atoms with van der Waals surface area (Å²) in [5.41, 5.74) is 1.54. The normalized spacial score (nSPS) is 16.3. The SMILES string of the molecule is CC(NC(=O)N1CCN(C)C(=O)C1)c1cc(F)ccc1N(C)C. The number of urea groups is 1. The molecule has 6 nitrogen and oxygen atoms in total. The predicted octanol–water partition coefficient (Wildman–Crippen LogP) is 1.44. The third-order valence-corrected chi connectivity index (χ3v) is 4.02. The van der Waals surface area contributed by atoms with Crippen LogP contribution < -0.4 is 10.2 Å². The van der Waals surface area contributed by atoms with Crippen LogP contribution in [0.25, 0.3) is 0 Å². The Bertz CT molecular complexity index is 606. The van der Waals surface area contributed by atoms with Crippen molar-refractivity contribution in [2.24, 2.45) is 0 Å². The summed E-state index contributed by atoms with van der Waals surface area (Å²) >= 11 is 0. The van der Waals surface area contributed by atoms with E-state index in [1.807, 2.05) is 19.0 Å². The summed E-state index contributed by atoms with van der Waals surface area (Å²) < 4.78 is 13.6. The predicted molar refractivity (Wildman–Crippen MR) is 86.9 cm³/mol. The number of nitrogens with one attached hydrogen (secondary N) is 1. The van der Waals surface area contributed by atoms with E-state index in [9.17, 15) is 14.0 Å². The first-order valence-electron chi connectivity index (χ1n) is 7.55. The molecule has 0 aliphatic carbocycles. The first-order chi connectivity index (χ1) is 10.8. The number of amides is 3. The standard InChI is InChI=1S/C16H23FN4O2/c1-11(13-9-12(17)5-6-14(13)19(2)3)18-16(23)21-8-7-20(4)15(22)10-21/h5-6,9,11H,7-8,10H2,1-4H3,(H,18,23). The van der Waals surface area contributed by atoms with Gasteiger partial charge in [-0.25, -0.2) is 9.18 Å². The number of anilines is 1. The quantitative estimate of drug-likeness (QED) is 0.916. The maximum atomic E-state index is 13.6. The summed E-state index contributed by atoms with van der Waals surface area (Å²) in [4.78, 5) is 29.0. The zero-order valence-electron chi connectivity index (χ0n) is 14.0. The highest BCUT2D eigenvalue weighted by atomic mass is 19.1. The topological polar surface area (TPSA) is 55.9 Å². The molecule has 2 rings (SSSR count). The summed E-state index contributed by atoms with van der Waals surface area (Å²) in [7, 11) is 5.45. The molecule has 23 heavy (non-hydrogen) atoms. The molecule has 1 atom stereocenters. The number of halogens is 1. The van der Waals surface area contributed by atoms with Gasteiger partial charge in [-0.3, -0.25) is 4.79 Å². The maximum Gasteiger partial charge on any atom is 0.318 e. The second kappa shape index (κ2) is 6.85. The van der Waals surface area contributed by atoms with Gasteiger partial charge in [-0.1, -0.05) is 0 Å². The van der Waals surface area contributed by atoms with Crippen LogP contribution in [0, 0.1) is 5.82 Å². The van der Waals surface area contributed by atoms with Crippen LogP contribution in [0.2, 0.25) is 0 Å². The van der Waals surface area contributed by atoms with Crippen LogP contribution in [0.4, 0.5) is 14.9 Å². The van der Waals surface area contributed by atoms with Crippen molar-refractivity contribution in [3.05, 3.63) is 29.6 Å². The van der Waals surface area contributed by atoms with Gasteiger partial charge in [0.25, 0.3) is 0 Å². The zero-order chi connectivity index (χ0) is 17.1. The van der Waals surface area contributed by atoms with Crippen LogP contribution >= 0.6 is 0 Å². The summed E-state index contributed by atoms with van der Waals surface area (Å²) in [6.45, 7) is 2.88. The largest absolute Gasteiger partial charge is 0.377 e. The molecule has 3 amide bonds. The Labute approximate surface area is 135 Å². The first-order valence-corrected chi connectivity index (χ1v) is 7.55. The van der Waals surface area contributed by atoms with E-state index in [1.54, 1.807) is 24.9 Å². The van der Waals surface area contributed by atoms with E-state index in [-0.39, 0.29) is 30.3 Å². The third-order valence-electron chi connectivity index (χ3n) is 4.02. The summed E-state index contributed by atoms with van der Waals surface area (Å²) in [6, 6.07) is 3.83. The van der Waals surface area contributed by atoms with Gasteiger partial charge in [0.2, 0.25) is 5.91 Å². The second-order valence-electron chi connectivity index (χ2n) is 6.01. The molecular formula is C16H23FN4O2. The maximum absolute atomic E-state index is 13.6. The number of likely N-dealkylation sites (N-methyl/N-ethyl adjacent to an activating group) is 1. The Morgan fingerprint density at radius 1 is 1.35 bits per heavy atom. The van der Waals surface area contributed by atoms with Gasteiger partial charge in [0.15, 0.2) is 0 Å². The number of carbonyl (C=O) groups excluding carboxylic acids is 2. The molecule has 1 aliphatic rings. The summed E-state index contributed by atoms with van der Waals surface area (Å²) in [5, 5.41) is 2.85. The molecule has 1 saturated heterocycles. The molecule has 1 aromatic rings. The summed E-state index contributed by atoms with van der Waals surface area (Å²) in [5.74, 6) is -0.430. The molecule has 0 aromatic heterocycles. The van der Waals surface area contributed by atoms with Crippen molar-refractivity contribution in [2.75, 3.05) is 45.7 Å². The average molecular weight is 322 g/mol. The second-order valence-corrected chi connectivity index (χ2v) is 6.01. The van der Waals surface area contributed by atoms with E-state index >= 15 is 0 Å². The van der Waals surface area contributed by atoms with Crippen molar-refractivity contribution in [1.82, 2.24) is 15.1 Å². The number of carbonyl (C=O) groups is 2. The van der Waals surface area contributed by atoms with Gasteiger partial charge in [0, 0.05) is 45.5 Å². The van der Waals surface area contributed by atoms with Crippen molar-refractivity contribution in [2.45, 2.75) is 13.0 Å². The first kappa shape index (κ1) is 17.1. The van der Waals surface area contributed by atoms with Crippen LogP contribution in [0.15, 0.2) is 18.2 Å². The van der Waals surface area contributed by atoms with Gasteiger partial charge < -0.3 is 20.0 Å². The van der Waals surface area contributed by atoms with Gasteiger partial charge in [-0.15, -0.1) is 0 Å². The van der Waals surface area contributed by atoms with Gasteiger partial charge >= 0.3 is 6.03 Å². The molecule has 1 aliphatic heterocycles. The summed E-state index contributed by atoms with van der Waals surface area (Å²) in [6.07, 6.45) is 0. The lowest BCUT2D eigenvalue weighted by atomic mass is 10.1. The molecule has 0 radical (unpaired) electrons. The molecule has 1 aromatic carbocycles. The minimum absolute atomic E-state index is 0.0682. The van der Waals surface area contributed by atoms with E-state index in [4.69, 9.17) is 0 Å². The van der Waals surface area contributed by atoms with Crippen molar-refractivity contribution in [1.29, 1.82) is 0 Å². The number of rotatable bonds is 3. The minimum Gasteiger partial charge on any atom is -0.377 e. The van der Waals surface area contributed by atoms with Crippen LogP contribution in [-0.2, 0) is 4.79 Å². The molecule has 0 saturated carbocycles. The molecular weight excluding hydrogens is 299 g/mol. The fraction of sp³-hybridized carbons (Fsp3) is 0.500. The van der Waals surface area contributed by atoms with E-state index in [2.05, 4.69) is 5.32 Å². The van der Waals surface area contributed by atoms with E-state index < -0.39 is 0 Å².